The Morgan fingerprint density at radius 1 is 1.12 bits per heavy atom. The molecule has 0 spiro atoms. The van der Waals surface area contributed by atoms with E-state index in [-0.39, 0.29) is 16.5 Å². The first-order chi connectivity index (χ1) is 11.5. The smallest absolute Gasteiger partial charge is 0.266 e. The number of sulfonamides is 1. The monoisotopic (exact) mass is 408 g/mol. The third kappa shape index (κ3) is 3.44. The quantitative estimate of drug-likeness (QED) is 0.691. The van der Waals surface area contributed by atoms with Crippen LogP contribution < -0.4 is 9.46 Å². The molecule has 0 fully saturated rings. The van der Waals surface area contributed by atoms with Gasteiger partial charge in [0.25, 0.3) is 10.0 Å². The van der Waals surface area contributed by atoms with Crippen molar-refractivity contribution in [1.29, 1.82) is 0 Å². The highest BCUT2D eigenvalue weighted by atomic mass is 79.9. The van der Waals surface area contributed by atoms with Gasteiger partial charge >= 0.3 is 0 Å². The van der Waals surface area contributed by atoms with E-state index in [1.165, 1.54) is 19.2 Å². The molecule has 0 saturated carbocycles. The highest BCUT2D eigenvalue weighted by Gasteiger charge is 2.22. The molecular weight excluding hydrogens is 396 g/mol. The summed E-state index contributed by atoms with van der Waals surface area (Å²) in [6, 6.07) is 15.5. The molecule has 0 aliphatic heterocycles. The number of halogens is 1. The van der Waals surface area contributed by atoms with Crippen molar-refractivity contribution in [3.05, 3.63) is 59.1 Å². The standard InChI is InChI=1S/C16H13BrN2O4S/c1-22-13-8-7-12(17)9-15(13)24(20,21)19-16-10-14(23-18-16)11-5-3-2-4-6-11/h2-10H,1H3,(H,18,19). The third-order valence-electron chi connectivity index (χ3n) is 3.22. The Morgan fingerprint density at radius 3 is 2.58 bits per heavy atom. The number of ether oxygens (including phenoxy) is 1. The van der Waals surface area contributed by atoms with E-state index in [1.54, 1.807) is 12.1 Å². The Bertz CT molecular complexity index is 955. The molecule has 0 aliphatic carbocycles. The van der Waals surface area contributed by atoms with Gasteiger partial charge < -0.3 is 9.26 Å². The number of nitrogens with zero attached hydrogens (tertiary/aromatic N) is 1. The molecule has 1 N–H and O–H groups in total. The second kappa shape index (κ2) is 6.66. The van der Waals surface area contributed by atoms with Gasteiger partial charge in [0.15, 0.2) is 11.6 Å². The molecule has 3 rings (SSSR count). The maximum atomic E-state index is 12.6. The predicted octanol–water partition coefficient (Wildman–Crippen LogP) is 3.91. The van der Waals surface area contributed by atoms with E-state index < -0.39 is 10.0 Å². The first-order valence-electron chi connectivity index (χ1n) is 6.88. The molecule has 0 unspecified atom stereocenters. The molecule has 6 nitrogen and oxygen atoms in total. The summed E-state index contributed by atoms with van der Waals surface area (Å²) < 4.78 is 38.5. The number of methoxy groups -OCH3 is 1. The Hall–Kier alpha value is -2.32. The van der Waals surface area contributed by atoms with Crippen LogP contribution in [-0.2, 0) is 10.0 Å². The van der Waals surface area contributed by atoms with Crippen LogP contribution in [0.5, 0.6) is 5.75 Å². The maximum absolute atomic E-state index is 12.6. The lowest BCUT2D eigenvalue weighted by atomic mass is 10.2. The van der Waals surface area contributed by atoms with Crippen LogP contribution in [0.25, 0.3) is 11.3 Å². The molecule has 2 aromatic carbocycles. The Morgan fingerprint density at radius 2 is 1.88 bits per heavy atom. The minimum Gasteiger partial charge on any atom is -0.495 e. The van der Waals surface area contributed by atoms with Crippen molar-refractivity contribution < 1.29 is 17.7 Å². The molecular formula is C16H13BrN2O4S. The van der Waals surface area contributed by atoms with Crippen molar-refractivity contribution in [3.63, 3.8) is 0 Å². The third-order valence-corrected chi connectivity index (χ3v) is 5.09. The maximum Gasteiger partial charge on any atom is 0.266 e. The summed E-state index contributed by atoms with van der Waals surface area (Å²) in [6.45, 7) is 0. The van der Waals surface area contributed by atoms with Crippen molar-refractivity contribution in [2.45, 2.75) is 4.90 Å². The summed E-state index contributed by atoms with van der Waals surface area (Å²) in [5.74, 6) is 0.794. The van der Waals surface area contributed by atoms with Crippen LogP contribution >= 0.6 is 15.9 Å². The van der Waals surface area contributed by atoms with Crippen LogP contribution in [0.15, 0.2) is 68.5 Å². The van der Waals surface area contributed by atoms with E-state index in [2.05, 4.69) is 25.8 Å². The summed E-state index contributed by atoms with van der Waals surface area (Å²) in [6.07, 6.45) is 0. The van der Waals surface area contributed by atoms with Gasteiger partial charge in [-0.15, -0.1) is 0 Å². The Kier molecular flexibility index (Phi) is 4.59. The van der Waals surface area contributed by atoms with E-state index in [4.69, 9.17) is 9.26 Å². The van der Waals surface area contributed by atoms with Crippen LogP contribution in [0, 0.1) is 0 Å². The van der Waals surface area contributed by atoms with Gasteiger partial charge in [0.05, 0.1) is 7.11 Å². The van der Waals surface area contributed by atoms with E-state index >= 15 is 0 Å². The van der Waals surface area contributed by atoms with Gasteiger partial charge in [0.1, 0.15) is 10.6 Å². The van der Waals surface area contributed by atoms with Gasteiger partial charge in [0, 0.05) is 16.1 Å². The molecule has 24 heavy (non-hydrogen) atoms. The topological polar surface area (TPSA) is 81.4 Å². The molecule has 1 aromatic heterocycles. The van der Waals surface area contributed by atoms with Crippen molar-refractivity contribution in [2.24, 2.45) is 0 Å². The van der Waals surface area contributed by atoms with Gasteiger partial charge in [-0.05, 0) is 18.2 Å². The van der Waals surface area contributed by atoms with E-state index in [9.17, 15) is 8.42 Å². The molecule has 0 saturated heterocycles. The molecule has 3 aromatic rings. The Labute approximate surface area is 147 Å². The van der Waals surface area contributed by atoms with Crippen LogP contribution in [0.4, 0.5) is 5.82 Å². The largest absolute Gasteiger partial charge is 0.495 e. The van der Waals surface area contributed by atoms with Crippen molar-refractivity contribution in [2.75, 3.05) is 11.8 Å². The summed E-state index contributed by atoms with van der Waals surface area (Å²) >= 11 is 3.26. The number of anilines is 1. The summed E-state index contributed by atoms with van der Waals surface area (Å²) in [7, 11) is -2.47. The first-order valence-corrected chi connectivity index (χ1v) is 9.16. The molecule has 0 radical (unpaired) electrons. The average molecular weight is 409 g/mol. The average Bonchev–Trinajstić information content (AvgIpc) is 3.03. The van der Waals surface area contributed by atoms with Crippen LogP contribution in [0.3, 0.4) is 0 Å². The van der Waals surface area contributed by atoms with Gasteiger partial charge in [-0.2, -0.15) is 0 Å². The molecule has 8 heteroatoms. The number of rotatable bonds is 5. The minimum atomic E-state index is -3.87. The van der Waals surface area contributed by atoms with Crippen LogP contribution in [0.1, 0.15) is 0 Å². The lowest BCUT2D eigenvalue weighted by molar-refractivity contribution is 0.402. The second-order valence-electron chi connectivity index (χ2n) is 4.84. The van der Waals surface area contributed by atoms with Gasteiger partial charge in [0.2, 0.25) is 0 Å². The highest BCUT2D eigenvalue weighted by molar-refractivity contribution is 9.10. The summed E-state index contributed by atoms with van der Waals surface area (Å²) in [5.41, 5.74) is 0.801. The van der Waals surface area contributed by atoms with Crippen LogP contribution in [0.2, 0.25) is 0 Å². The summed E-state index contributed by atoms with van der Waals surface area (Å²) in [5, 5.41) is 3.76. The van der Waals surface area contributed by atoms with E-state index in [1.807, 2.05) is 30.3 Å². The Balaban J connectivity index is 1.91. The SMILES string of the molecule is COc1ccc(Br)cc1S(=O)(=O)Nc1cc(-c2ccccc2)on1. The van der Waals surface area contributed by atoms with Gasteiger partial charge in [-0.1, -0.05) is 51.4 Å². The fraction of sp³-hybridized carbons (Fsp3) is 0.0625. The fourth-order valence-corrected chi connectivity index (χ4v) is 3.81. The zero-order valence-electron chi connectivity index (χ0n) is 12.6. The predicted molar refractivity (Wildman–Crippen MR) is 93.4 cm³/mol. The number of aromatic nitrogens is 1. The number of hydrogen-bond donors (Lipinski definition) is 1. The number of hydrogen-bond acceptors (Lipinski definition) is 5. The van der Waals surface area contributed by atoms with Crippen molar-refractivity contribution in [1.82, 2.24) is 5.16 Å². The first kappa shape index (κ1) is 16.5. The fourth-order valence-electron chi connectivity index (χ4n) is 2.11. The zero-order valence-corrected chi connectivity index (χ0v) is 15.0. The van der Waals surface area contributed by atoms with E-state index in [0.717, 1.165) is 5.56 Å². The molecule has 0 amide bonds. The van der Waals surface area contributed by atoms with Crippen molar-refractivity contribution in [3.8, 4) is 17.1 Å². The molecule has 0 atom stereocenters. The lowest BCUT2D eigenvalue weighted by Crippen LogP contribution is -2.14. The second-order valence-corrected chi connectivity index (χ2v) is 7.41. The molecule has 0 aliphatic rings. The highest BCUT2D eigenvalue weighted by Crippen LogP contribution is 2.29. The van der Waals surface area contributed by atoms with Gasteiger partial charge in [-0.25, -0.2) is 8.42 Å². The molecule has 0 bridgehead atoms. The normalized spacial score (nSPS) is 11.2. The minimum absolute atomic E-state index is 0.00337. The van der Waals surface area contributed by atoms with E-state index in [0.29, 0.717) is 10.2 Å². The molecule has 124 valence electrons. The zero-order chi connectivity index (χ0) is 17.2. The van der Waals surface area contributed by atoms with Crippen molar-refractivity contribution >= 4 is 31.8 Å². The number of benzene rings is 2. The number of nitrogens with one attached hydrogen (secondary N) is 1. The summed E-state index contributed by atoms with van der Waals surface area (Å²) in [4.78, 5) is 0.00337. The van der Waals surface area contributed by atoms with Crippen LogP contribution in [-0.4, -0.2) is 20.7 Å². The lowest BCUT2D eigenvalue weighted by Gasteiger charge is -2.10. The van der Waals surface area contributed by atoms with Gasteiger partial charge in [-0.3, -0.25) is 4.72 Å². The molecule has 1 heterocycles.